The van der Waals surface area contributed by atoms with E-state index >= 15 is 0 Å². The van der Waals surface area contributed by atoms with Crippen molar-refractivity contribution >= 4 is 39.1 Å². The second kappa shape index (κ2) is 9.09. The van der Waals surface area contributed by atoms with Crippen molar-refractivity contribution in [2.75, 3.05) is 19.0 Å². The third-order valence-electron chi connectivity index (χ3n) is 5.52. The van der Waals surface area contributed by atoms with Crippen LogP contribution in [0.5, 0.6) is 5.75 Å². The van der Waals surface area contributed by atoms with Gasteiger partial charge in [-0.25, -0.2) is 13.1 Å². The van der Waals surface area contributed by atoms with Gasteiger partial charge in [0.15, 0.2) is 0 Å². The van der Waals surface area contributed by atoms with E-state index in [1.165, 1.54) is 30.2 Å². The lowest BCUT2D eigenvalue weighted by atomic mass is 10.1. The minimum atomic E-state index is -3.64. The fourth-order valence-corrected chi connectivity index (χ4v) is 5.26. The van der Waals surface area contributed by atoms with Gasteiger partial charge in [-0.05, 0) is 62.1 Å². The minimum Gasteiger partial charge on any atom is -0.496 e. The summed E-state index contributed by atoms with van der Waals surface area (Å²) in [6, 6.07) is 10.2. The number of carbonyl (C=O) groups excluding carboxylic acids is 2. The number of anilines is 1. The molecule has 2 aliphatic rings. The summed E-state index contributed by atoms with van der Waals surface area (Å²) in [6.07, 6.45) is 2.84. The van der Waals surface area contributed by atoms with Gasteiger partial charge >= 0.3 is 0 Å². The topological polar surface area (TPSA) is 105 Å². The Morgan fingerprint density at radius 3 is 2.62 bits per heavy atom. The second-order valence-corrected chi connectivity index (χ2v) is 10.1. The van der Waals surface area contributed by atoms with Crippen LogP contribution in [0.15, 0.2) is 47.4 Å². The van der Waals surface area contributed by atoms with E-state index in [1.54, 1.807) is 24.3 Å². The molecule has 0 radical (unpaired) electrons. The van der Waals surface area contributed by atoms with Crippen LogP contribution < -0.4 is 14.8 Å². The van der Waals surface area contributed by atoms with E-state index in [9.17, 15) is 18.0 Å². The Bertz CT molecular complexity index is 1150. The van der Waals surface area contributed by atoms with E-state index in [0.717, 1.165) is 12.8 Å². The Kier molecular flexibility index (Phi) is 6.41. The Balaban J connectivity index is 1.50. The van der Waals surface area contributed by atoms with Gasteiger partial charge in [-0.2, -0.15) is 0 Å². The van der Waals surface area contributed by atoms with Gasteiger partial charge in [0.1, 0.15) is 11.8 Å². The molecule has 4 rings (SSSR count). The van der Waals surface area contributed by atoms with Crippen LogP contribution in [0.4, 0.5) is 5.69 Å². The number of likely N-dealkylation sites (tertiary alicyclic amines) is 1. The summed E-state index contributed by atoms with van der Waals surface area (Å²) >= 11 is 6.06. The molecule has 1 saturated heterocycles. The maximum Gasteiger partial charge on any atom is 0.258 e. The first-order valence-corrected chi connectivity index (χ1v) is 12.2. The monoisotopic (exact) mass is 477 g/mol. The molecule has 2 aromatic rings. The first-order chi connectivity index (χ1) is 15.3. The van der Waals surface area contributed by atoms with Crippen LogP contribution >= 0.6 is 11.6 Å². The van der Waals surface area contributed by atoms with Gasteiger partial charge in [0.05, 0.1) is 17.6 Å². The van der Waals surface area contributed by atoms with Crippen LogP contribution in [0, 0.1) is 0 Å². The maximum atomic E-state index is 13.2. The summed E-state index contributed by atoms with van der Waals surface area (Å²) in [4.78, 5) is 27.8. The predicted octanol–water partition coefficient (Wildman–Crippen LogP) is 3.03. The van der Waals surface area contributed by atoms with Crippen molar-refractivity contribution in [3.05, 3.63) is 53.1 Å². The molecule has 2 fully saturated rings. The highest BCUT2D eigenvalue weighted by Gasteiger charge is 2.36. The minimum absolute atomic E-state index is 0.0141. The van der Waals surface area contributed by atoms with Crippen molar-refractivity contribution < 1.29 is 22.7 Å². The zero-order valence-electron chi connectivity index (χ0n) is 17.5. The van der Waals surface area contributed by atoms with E-state index in [4.69, 9.17) is 16.3 Å². The van der Waals surface area contributed by atoms with Gasteiger partial charge in [-0.15, -0.1) is 0 Å². The van der Waals surface area contributed by atoms with E-state index in [1.807, 2.05) is 0 Å². The first-order valence-electron chi connectivity index (χ1n) is 10.4. The van der Waals surface area contributed by atoms with E-state index in [0.29, 0.717) is 41.4 Å². The van der Waals surface area contributed by atoms with Crippen molar-refractivity contribution in [1.82, 2.24) is 9.62 Å². The number of carbonyl (C=O) groups is 2. The van der Waals surface area contributed by atoms with Gasteiger partial charge < -0.3 is 15.0 Å². The van der Waals surface area contributed by atoms with Crippen molar-refractivity contribution in [2.45, 2.75) is 42.7 Å². The van der Waals surface area contributed by atoms with Crippen molar-refractivity contribution in [1.29, 1.82) is 0 Å². The van der Waals surface area contributed by atoms with Crippen molar-refractivity contribution in [2.24, 2.45) is 0 Å². The number of benzene rings is 2. The molecule has 0 aromatic heterocycles. The maximum absolute atomic E-state index is 13.2. The summed E-state index contributed by atoms with van der Waals surface area (Å²) < 4.78 is 32.8. The van der Waals surface area contributed by atoms with Crippen LogP contribution in [0.2, 0.25) is 5.02 Å². The molecular weight excluding hydrogens is 454 g/mol. The smallest absolute Gasteiger partial charge is 0.258 e. The lowest BCUT2D eigenvalue weighted by Crippen LogP contribution is -2.43. The fraction of sp³-hybridized carbons (Fsp3) is 0.364. The van der Waals surface area contributed by atoms with Crippen molar-refractivity contribution in [3.8, 4) is 5.75 Å². The molecule has 32 heavy (non-hydrogen) atoms. The molecular formula is C22H24ClN3O5S. The third kappa shape index (κ3) is 4.90. The molecule has 1 aliphatic heterocycles. The Morgan fingerprint density at radius 1 is 1.12 bits per heavy atom. The zero-order chi connectivity index (χ0) is 22.9. The molecule has 0 spiro atoms. The third-order valence-corrected chi connectivity index (χ3v) is 7.27. The molecule has 1 heterocycles. The van der Waals surface area contributed by atoms with Gasteiger partial charge in [0, 0.05) is 23.3 Å². The van der Waals surface area contributed by atoms with E-state index < -0.39 is 16.1 Å². The largest absolute Gasteiger partial charge is 0.496 e. The highest BCUT2D eigenvalue weighted by atomic mass is 35.5. The van der Waals surface area contributed by atoms with E-state index in [-0.39, 0.29) is 22.8 Å². The Morgan fingerprint density at radius 2 is 1.91 bits per heavy atom. The van der Waals surface area contributed by atoms with Crippen molar-refractivity contribution in [3.63, 3.8) is 0 Å². The summed E-state index contributed by atoms with van der Waals surface area (Å²) in [7, 11) is -2.17. The summed E-state index contributed by atoms with van der Waals surface area (Å²) in [5.74, 6) is -0.333. The number of hydrogen-bond acceptors (Lipinski definition) is 5. The number of rotatable bonds is 7. The number of nitrogens with one attached hydrogen (secondary N) is 2. The normalized spacial score (nSPS) is 18.4. The molecule has 170 valence electrons. The number of amides is 2. The molecule has 1 unspecified atom stereocenters. The van der Waals surface area contributed by atoms with E-state index in [2.05, 4.69) is 10.0 Å². The van der Waals surface area contributed by atoms with Gasteiger partial charge in [-0.1, -0.05) is 17.7 Å². The predicted molar refractivity (Wildman–Crippen MR) is 120 cm³/mol. The number of halogens is 1. The Labute approximate surface area is 191 Å². The quantitative estimate of drug-likeness (QED) is 0.637. The fourth-order valence-electron chi connectivity index (χ4n) is 3.74. The molecule has 2 aromatic carbocycles. The van der Waals surface area contributed by atoms with Crippen LogP contribution in [0.3, 0.4) is 0 Å². The summed E-state index contributed by atoms with van der Waals surface area (Å²) in [5, 5.41) is 3.15. The number of methoxy groups -OCH3 is 1. The second-order valence-electron chi connectivity index (χ2n) is 7.91. The van der Waals surface area contributed by atoms with Gasteiger partial charge in [-0.3, -0.25) is 9.59 Å². The SMILES string of the molecule is COc1ccc(Cl)cc1C(=O)N1CCCC1C(=O)Nc1cccc(S(=O)(=O)NC2CC2)c1. The number of hydrogen-bond donors (Lipinski definition) is 2. The molecule has 1 atom stereocenters. The lowest BCUT2D eigenvalue weighted by Gasteiger charge is -2.25. The molecule has 8 nitrogen and oxygen atoms in total. The van der Waals surface area contributed by atoms with Gasteiger partial charge in [0.25, 0.3) is 5.91 Å². The highest BCUT2D eigenvalue weighted by Crippen LogP contribution is 2.28. The average Bonchev–Trinajstić information content (AvgIpc) is 3.43. The first kappa shape index (κ1) is 22.6. The molecule has 2 amide bonds. The molecule has 2 N–H and O–H groups in total. The standard InChI is InChI=1S/C22H24ClN3O5S/c1-31-20-10-7-14(23)12-18(20)22(28)26-11-3-6-19(26)21(27)24-16-4-2-5-17(13-16)32(29,30)25-15-8-9-15/h2,4-5,7,10,12-13,15,19,25H,3,6,8-9,11H2,1H3,(H,24,27). The van der Waals surface area contributed by atoms with Crippen LogP contribution in [0.25, 0.3) is 0 Å². The van der Waals surface area contributed by atoms with Crippen LogP contribution in [-0.4, -0.2) is 50.9 Å². The van der Waals surface area contributed by atoms with Gasteiger partial charge in [0.2, 0.25) is 15.9 Å². The summed E-state index contributed by atoms with van der Waals surface area (Å²) in [6.45, 7) is 0.423. The molecule has 10 heteroatoms. The molecule has 1 saturated carbocycles. The summed E-state index contributed by atoms with van der Waals surface area (Å²) in [5.41, 5.74) is 0.646. The molecule has 0 bridgehead atoms. The Hall–Kier alpha value is -2.62. The zero-order valence-corrected chi connectivity index (χ0v) is 19.1. The average molecular weight is 478 g/mol. The number of nitrogens with zero attached hydrogens (tertiary/aromatic N) is 1. The molecule has 1 aliphatic carbocycles. The number of ether oxygens (including phenoxy) is 1. The van der Waals surface area contributed by atoms with Crippen LogP contribution in [0.1, 0.15) is 36.0 Å². The number of sulfonamides is 1. The highest BCUT2D eigenvalue weighted by molar-refractivity contribution is 7.89. The van der Waals surface area contributed by atoms with Crippen LogP contribution in [-0.2, 0) is 14.8 Å². The lowest BCUT2D eigenvalue weighted by molar-refractivity contribution is -0.119.